The molecule has 27 heavy (non-hydrogen) atoms. The summed E-state index contributed by atoms with van der Waals surface area (Å²) < 4.78 is 15.3. The molecule has 0 N–H and O–H groups in total. The number of Topliss-reactive ketones (excluding diaryl/α,β-unsaturated/α-hetero) is 1. The zero-order valence-corrected chi connectivity index (χ0v) is 14.7. The van der Waals surface area contributed by atoms with Crippen molar-refractivity contribution in [3.05, 3.63) is 69.8 Å². The van der Waals surface area contributed by atoms with Crippen molar-refractivity contribution in [3.63, 3.8) is 0 Å². The van der Waals surface area contributed by atoms with Crippen molar-refractivity contribution in [2.24, 2.45) is 0 Å². The fourth-order valence-corrected chi connectivity index (χ4v) is 2.26. The summed E-state index contributed by atoms with van der Waals surface area (Å²) in [5.74, 6) is -0.316. The van der Waals surface area contributed by atoms with Crippen LogP contribution in [0.2, 0.25) is 0 Å². The van der Waals surface area contributed by atoms with Gasteiger partial charge in [0.05, 0.1) is 19.1 Å². The minimum atomic E-state index is -0.737. The fraction of sp³-hybridized carbons (Fsp3) is 0.158. The molecule has 0 atom stereocenters. The van der Waals surface area contributed by atoms with Crippen molar-refractivity contribution < 1.29 is 28.7 Å². The minimum Gasteiger partial charge on any atom is -0.493 e. The molecular formula is C19H17NO7. The van der Waals surface area contributed by atoms with Crippen LogP contribution in [0.3, 0.4) is 0 Å². The van der Waals surface area contributed by atoms with Crippen LogP contribution in [0.1, 0.15) is 15.9 Å². The highest BCUT2D eigenvalue weighted by molar-refractivity contribution is 5.99. The van der Waals surface area contributed by atoms with E-state index >= 15 is 0 Å². The van der Waals surface area contributed by atoms with Crippen LogP contribution in [0.15, 0.2) is 48.5 Å². The zero-order chi connectivity index (χ0) is 19.8. The van der Waals surface area contributed by atoms with Gasteiger partial charge in [0.2, 0.25) is 5.78 Å². The van der Waals surface area contributed by atoms with E-state index in [0.29, 0.717) is 17.1 Å². The fourth-order valence-electron chi connectivity index (χ4n) is 2.26. The predicted octanol–water partition coefficient (Wildman–Crippen LogP) is 3.05. The number of nitrogens with zero attached hydrogens (tertiary/aromatic N) is 1. The van der Waals surface area contributed by atoms with Crippen LogP contribution >= 0.6 is 0 Å². The Labute approximate surface area is 155 Å². The average molecular weight is 371 g/mol. The number of nitro benzene ring substituents is 1. The maximum Gasteiger partial charge on any atom is 0.331 e. The van der Waals surface area contributed by atoms with E-state index in [0.717, 1.165) is 12.1 Å². The number of carbonyl (C=O) groups is 2. The first-order valence-corrected chi connectivity index (χ1v) is 7.79. The van der Waals surface area contributed by atoms with Crippen LogP contribution in [0.25, 0.3) is 6.08 Å². The van der Waals surface area contributed by atoms with Gasteiger partial charge in [-0.2, -0.15) is 0 Å². The number of para-hydroxylation sites is 1. The number of nitro groups is 1. The van der Waals surface area contributed by atoms with E-state index in [4.69, 9.17) is 14.2 Å². The number of esters is 1. The van der Waals surface area contributed by atoms with Gasteiger partial charge >= 0.3 is 5.97 Å². The second-order valence-electron chi connectivity index (χ2n) is 5.25. The predicted molar refractivity (Wildman–Crippen MR) is 97.0 cm³/mol. The van der Waals surface area contributed by atoms with E-state index in [-0.39, 0.29) is 11.3 Å². The van der Waals surface area contributed by atoms with Crippen molar-refractivity contribution >= 4 is 23.5 Å². The summed E-state index contributed by atoms with van der Waals surface area (Å²) in [4.78, 5) is 34.0. The topological polar surface area (TPSA) is 105 Å². The van der Waals surface area contributed by atoms with Crippen LogP contribution < -0.4 is 9.47 Å². The lowest BCUT2D eigenvalue weighted by Crippen LogP contribution is -2.12. The van der Waals surface area contributed by atoms with Gasteiger partial charge in [0.15, 0.2) is 18.1 Å². The molecule has 0 bridgehead atoms. The summed E-state index contributed by atoms with van der Waals surface area (Å²) in [6.07, 6.45) is 2.62. The first kappa shape index (κ1) is 19.6. The average Bonchev–Trinajstić information content (AvgIpc) is 2.69. The molecule has 0 saturated heterocycles. The Kier molecular flexibility index (Phi) is 6.65. The molecule has 2 rings (SSSR count). The van der Waals surface area contributed by atoms with E-state index in [2.05, 4.69) is 0 Å². The van der Waals surface area contributed by atoms with E-state index < -0.39 is 23.3 Å². The molecule has 8 nitrogen and oxygen atoms in total. The van der Waals surface area contributed by atoms with Crippen molar-refractivity contribution in [1.82, 2.24) is 0 Å². The molecule has 0 radical (unpaired) electrons. The monoisotopic (exact) mass is 371 g/mol. The van der Waals surface area contributed by atoms with Gasteiger partial charge < -0.3 is 14.2 Å². The molecule has 0 amide bonds. The summed E-state index contributed by atoms with van der Waals surface area (Å²) in [5, 5.41) is 10.7. The number of ether oxygens (including phenoxy) is 3. The van der Waals surface area contributed by atoms with Gasteiger partial charge in [-0.05, 0) is 12.1 Å². The van der Waals surface area contributed by atoms with Crippen molar-refractivity contribution in [1.29, 1.82) is 0 Å². The number of methoxy groups -OCH3 is 2. The van der Waals surface area contributed by atoms with Gasteiger partial charge in [-0.25, -0.2) is 4.79 Å². The van der Waals surface area contributed by atoms with Crippen molar-refractivity contribution in [2.45, 2.75) is 0 Å². The highest BCUT2D eigenvalue weighted by Crippen LogP contribution is 2.31. The largest absolute Gasteiger partial charge is 0.493 e. The normalized spacial score (nSPS) is 10.4. The Balaban J connectivity index is 2.00. The maximum atomic E-state index is 12.0. The number of non-ortho nitro benzene ring substituents is 1. The second kappa shape index (κ2) is 9.14. The third kappa shape index (κ3) is 5.15. The number of rotatable bonds is 8. The molecule has 0 fully saturated rings. The maximum absolute atomic E-state index is 12.0. The minimum absolute atomic E-state index is 0.0930. The molecule has 2 aromatic carbocycles. The van der Waals surface area contributed by atoms with Gasteiger partial charge in [0.25, 0.3) is 5.69 Å². The van der Waals surface area contributed by atoms with Gasteiger partial charge in [-0.15, -0.1) is 0 Å². The first-order chi connectivity index (χ1) is 13.0. The van der Waals surface area contributed by atoms with Crippen molar-refractivity contribution in [3.8, 4) is 11.5 Å². The standard InChI is InChI=1S/C19H17NO7/c1-25-17-8-4-5-13(19(17)26-2)9-10-18(22)27-12-16(21)14-6-3-7-15(11-14)20(23)24/h3-11H,12H2,1-2H3/b10-9+. The van der Waals surface area contributed by atoms with Crippen LogP contribution in [0.5, 0.6) is 11.5 Å². The number of benzene rings is 2. The number of hydrogen-bond donors (Lipinski definition) is 0. The molecule has 0 saturated carbocycles. The van der Waals surface area contributed by atoms with E-state index in [9.17, 15) is 19.7 Å². The third-order valence-electron chi connectivity index (χ3n) is 3.56. The molecule has 0 aliphatic heterocycles. The lowest BCUT2D eigenvalue weighted by molar-refractivity contribution is -0.384. The van der Waals surface area contributed by atoms with Crippen LogP contribution in [-0.2, 0) is 9.53 Å². The molecule has 0 heterocycles. The summed E-state index contributed by atoms with van der Waals surface area (Å²) in [6, 6.07) is 10.4. The SMILES string of the molecule is COc1cccc(/C=C/C(=O)OCC(=O)c2cccc([N+](=O)[O-])c2)c1OC. The van der Waals surface area contributed by atoms with Gasteiger partial charge in [-0.3, -0.25) is 14.9 Å². The Hall–Kier alpha value is -3.68. The molecule has 0 aliphatic rings. The summed E-state index contributed by atoms with van der Waals surface area (Å²) in [7, 11) is 2.98. The molecule has 2 aromatic rings. The summed E-state index contributed by atoms with van der Waals surface area (Å²) in [6.45, 7) is -0.528. The number of ketones is 1. The van der Waals surface area contributed by atoms with E-state index in [1.165, 1.54) is 38.5 Å². The summed E-state index contributed by atoms with van der Waals surface area (Å²) >= 11 is 0. The second-order valence-corrected chi connectivity index (χ2v) is 5.25. The first-order valence-electron chi connectivity index (χ1n) is 7.79. The Morgan fingerprint density at radius 1 is 1.11 bits per heavy atom. The smallest absolute Gasteiger partial charge is 0.331 e. The highest BCUT2D eigenvalue weighted by atomic mass is 16.6. The van der Waals surface area contributed by atoms with E-state index in [1.807, 2.05) is 0 Å². The zero-order valence-electron chi connectivity index (χ0n) is 14.7. The highest BCUT2D eigenvalue weighted by Gasteiger charge is 2.13. The molecule has 140 valence electrons. The van der Waals surface area contributed by atoms with Gasteiger partial charge in [0, 0.05) is 29.3 Å². The van der Waals surface area contributed by atoms with Crippen LogP contribution in [0, 0.1) is 10.1 Å². The van der Waals surface area contributed by atoms with Gasteiger partial charge in [0.1, 0.15) is 0 Å². The van der Waals surface area contributed by atoms with Gasteiger partial charge in [-0.1, -0.05) is 24.3 Å². The number of hydrogen-bond acceptors (Lipinski definition) is 7. The Morgan fingerprint density at radius 3 is 2.52 bits per heavy atom. The summed E-state index contributed by atoms with van der Waals surface area (Å²) in [5.41, 5.74) is 0.478. The molecule has 0 aliphatic carbocycles. The Bertz CT molecular complexity index is 889. The van der Waals surface area contributed by atoms with Crippen molar-refractivity contribution in [2.75, 3.05) is 20.8 Å². The quantitative estimate of drug-likeness (QED) is 0.231. The number of carbonyl (C=O) groups excluding carboxylic acids is 2. The lowest BCUT2D eigenvalue weighted by atomic mass is 10.1. The third-order valence-corrected chi connectivity index (χ3v) is 3.56. The van der Waals surface area contributed by atoms with Crippen LogP contribution in [-0.4, -0.2) is 37.5 Å². The van der Waals surface area contributed by atoms with Crippen LogP contribution in [0.4, 0.5) is 5.69 Å². The van der Waals surface area contributed by atoms with E-state index in [1.54, 1.807) is 18.2 Å². The molecule has 0 spiro atoms. The molecular weight excluding hydrogens is 354 g/mol. The molecule has 0 unspecified atom stereocenters. The molecule has 0 aromatic heterocycles. The molecule has 8 heteroatoms. The lowest BCUT2D eigenvalue weighted by Gasteiger charge is -2.09. The Morgan fingerprint density at radius 2 is 1.85 bits per heavy atom.